The first-order chi connectivity index (χ1) is 19.0. The maximum atomic E-state index is 12.4. The number of nitriles is 1. The molecule has 0 unspecified atom stereocenters. The Kier molecular flexibility index (Phi) is 8.90. The molecule has 0 saturated heterocycles. The fourth-order valence-electron chi connectivity index (χ4n) is 3.49. The first-order valence-corrected chi connectivity index (χ1v) is 12.2. The lowest BCUT2D eigenvalue weighted by molar-refractivity contribution is -0.118. The van der Waals surface area contributed by atoms with Crippen molar-refractivity contribution in [3.8, 4) is 28.8 Å². The molecule has 4 aromatic rings. The van der Waals surface area contributed by atoms with Gasteiger partial charge in [0, 0.05) is 5.56 Å². The maximum absolute atomic E-state index is 12.4. The molecule has 4 rings (SSSR count). The molecule has 1 amide bonds. The van der Waals surface area contributed by atoms with Gasteiger partial charge in [-0.25, -0.2) is 10.4 Å². The number of aromatic amines is 1. The molecule has 0 spiro atoms. The highest BCUT2D eigenvalue weighted by molar-refractivity contribution is 6.33. The second kappa shape index (κ2) is 12.9. The molecule has 0 saturated carbocycles. The number of hydrogen-bond acceptors (Lipinski definition) is 8. The number of benzene rings is 3. The van der Waals surface area contributed by atoms with Gasteiger partial charge in [-0.1, -0.05) is 54.1 Å². The van der Waals surface area contributed by atoms with Gasteiger partial charge in [-0.2, -0.15) is 10.4 Å². The largest absolute Gasteiger partial charge is 0.490 e. The van der Waals surface area contributed by atoms with E-state index in [0.29, 0.717) is 39.9 Å². The van der Waals surface area contributed by atoms with Crippen LogP contribution in [0.4, 0.5) is 11.6 Å². The molecule has 196 valence electrons. The van der Waals surface area contributed by atoms with Gasteiger partial charge >= 0.3 is 0 Å². The number of amides is 1. The number of rotatable bonds is 10. The summed E-state index contributed by atoms with van der Waals surface area (Å²) in [7, 11) is 0. The predicted octanol–water partition coefficient (Wildman–Crippen LogP) is 4.82. The highest BCUT2D eigenvalue weighted by atomic mass is 35.5. The Morgan fingerprint density at radius 1 is 1.10 bits per heavy atom. The average molecular weight is 543 g/mol. The number of H-pyrrole nitrogens is 1. The summed E-state index contributed by atoms with van der Waals surface area (Å²) in [5, 5.41) is 16.7. The van der Waals surface area contributed by atoms with Crippen LogP contribution in [0.15, 0.2) is 82.7 Å². The number of hydrogen-bond donors (Lipinski definition) is 3. The van der Waals surface area contributed by atoms with E-state index >= 15 is 0 Å². The molecule has 0 aliphatic carbocycles. The van der Waals surface area contributed by atoms with Crippen molar-refractivity contribution >= 4 is 35.4 Å². The molecule has 0 atom stereocenters. The van der Waals surface area contributed by atoms with Crippen LogP contribution < -0.4 is 25.8 Å². The Labute approximate surface area is 228 Å². The third-order valence-corrected chi connectivity index (χ3v) is 5.57. The minimum absolute atomic E-state index is 0.0728. The van der Waals surface area contributed by atoms with Gasteiger partial charge in [0.1, 0.15) is 11.6 Å². The predicted molar refractivity (Wildman–Crippen MR) is 149 cm³/mol. The van der Waals surface area contributed by atoms with Crippen molar-refractivity contribution in [2.45, 2.75) is 6.92 Å². The van der Waals surface area contributed by atoms with Crippen molar-refractivity contribution in [1.82, 2.24) is 9.97 Å². The summed E-state index contributed by atoms with van der Waals surface area (Å²) in [4.78, 5) is 31.6. The van der Waals surface area contributed by atoms with E-state index < -0.39 is 5.56 Å². The molecule has 0 aliphatic rings. The lowest BCUT2D eigenvalue weighted by Gasteiger charge is -2.13. The van der Waals surface area contributed by atoms with Gasteiger partial charge in [0.25, 0.3) is 11.5 Å². The topological polar surface area (TPSA) is 141 Å². The van der Waals surface area contributed by atoms with Crippen LogP contribution in [0.2, 0.25) is 5.02 Å². The van der Waals surface area contributed by atoms with E-state index in [1.54, 1.807) is 66.7 Å². The van der Waals surface area contributed by atoms with Crippen LogP contribution in [0.5, 0.6) is 11.5 Å². The Morgan fingerprint density at radius 3 is 2.62 bits per heavy atom. The second-order valence-corrected chi connectivity index (χ2v) is 8.35. The molecule has 10 nitrogen and oxygen atoms in total. The van der Waals surface area contributed by atoms with Gasteiger partial charge in [-0.15, -0.1) is 0 Å². The number of anilines is 2. The minimum atomic E-state index is -0.581. The van der Waals surface area contributed by atoms with Crippen molar-refractivity contribution in [3.05, 3.63) is 99.3 Å². The molecule has 0 bridgehead atoms. The normalized spacial score (nSPS) is 10.6. The third-order valence-electron chi connectivity index (χ3n) is 5.24. The van der Waals surface area contributed by atoms with Crippen LogP contribution in [-0.2, 0) is 4.79 Å². The highest BCUT2D eigenvalue weighted by Gasteiger charge is 2.13. The van der Waals surface area contributed by atoms with Crippen molar-refractivity contribution in [1.29, 1.82) is 5.26 Å². The summed E-state index contributed by atoms with van der Waals surface area (Å²) in [6.45, 7) is 1.95. The van der Waals surface area contributed by atoms with E-state index in [9.17, 15) is 14.9 Å². The molecule has 11 heteroatoms. The van der Waals surface area contributed by atoms with Crippen LogP contribution in [-0.4, -0.2) is 35.3 Å². The third kappa shape index (κ3) is 7.00. The quantitative estimate of drug-likeness (QED) is 0.192. The number of halogens is 1. The van der Waals surface area contributed by atoms with Gasteiger partial charge in [0.2, 0.25) is 5.95 Å². The zero-order chi connectivity index (χ0) is 27.6. The van der Waals surface area contributed by atoms with Gasteiger partial charge in [0.05, 0.1) is 29.2 Å². The zero-order valence-corrected chi connectivity index (χ0v) is 21.5. The van der Waals surface area contributed by atoms with E-state index in [1.807, 2.05) is 19.1 Å². The first kappa shape index (κ1) is 26.9. The lowest BCUT2D eigenvalue weighted by atomic mass is 10.1. The molecule has 3 N–H and O–H groups in total. The maximum Gasteiger partial charge on any atom is 0.270 e. The fourth-order valence-corrected chi connectivity index (χ4v) is 3.67. The van der Waals surface area contributed by atoms with Crippen LogP contribution in [0, 0.1) is 11.3 Å². The second-order valence-electron chi connectivity index (χ2n) is 7.94. The Balaban J connectivity index is 1.45. The monoisotopic (exact) mass is 542 g/mol. The summed E-state index contributed by atoms with van der Waals surface area (Å²) < 4.78 is 11.3. The molecule has 0 aliphatic heterocycles. The molecular formula is C28H23ClN6O4. The molecule has 39 heavy (non-hydrogen) atoms. The van der Waals surface area contributed by atoms with Gasteiger partial charge in [-0.05, 0) is 42.8 Å². The number of nitrogens with one attached hydrogen (secondary N) is 3. The number of ether oxygens (including phenoxy) is 2. The highest BCUT2D eigenvalue weighted by Crippen LogP contribution is 2.28. The summed E-state index contributed by atoms with van der Waals surface area (Å²) in [6.07, 6.45) is 1.50. The fraction of sp³-hybridized carbons (Fsp3) is 0.107. The van der Waals surface area contributed by atoms with Gasteiger partial charge in [-0.3, -0.25) is 14.6 Å². The van der Waals surface area contributed by atoms with E-state index in [1.165, 1.54) is 6.21 Å². The van der Waals surface area contributed by atoms with Gasteiger partial charge in [0.15, 0.2) is 18.1 Å². The van der Waals surface area contributed by atoms with Crippen molar-refractivity contribution in [3.63, 3.8) is 0 Å². The van der Waals surface area contributed by atoms with E-state index in [2.05, 4.69) is 25.8 Å². The van der Waals surface area contributed by atoms with Crippen LogP contribution in [0.1, 0.15) is 18.1 Å². The average Bonchev–Trinajstić information content (AvgIpc) is 2.94. The zero-order valence-electron chi connectivity index (χ0n) is 20.8. The van der Waals surface area contributed by atoms with Crippen LogP contribution >= 0.6 is 11.6 Å². The summed E-state index contributed by atoms with van der Waals surface area (Å²) in [6, 6.07) is 22.8. The Morgan fingerprint density at radius 2 is 1.87 bits per heavy atom. The van der Waals surface area contributed by atoms with Crippen molar-refractivity contribution in [2.75, 3.05) is 24.0 Å². The minimum Gasteiger partial charge on any atom is -0.490 e. The number of hydrazone groups is 1. The first-order valence-electron chi connectivity index (χ1n) is 11.8. The summed E-state index contributed by atoms with van der Waals surface area (Å²) in [5.41, 5.74) is 4.04. The molecule has 0 radical (unpaired) electrons. The molecule has 0 fully saturated rings. The molecular weight excluding hydrogens is 520 g/mol. The lowest BCUT2D eigenvalue weighted by Crippen LogP contribution is -2.20. The van der Waals surface area contributed by atoms with Crippen molar-refractivity contribution < 1.29 is 14.3 Å². The van der Waals surface area contributed by atoms with Crippen molar-refractivity contribution in [2.24, 2.45) is 5.10 Å². The van der Waals surface area contributed by atoms with E-state index in [4.69, 9.17) is 21.1 Å². The SMILES string of the molecule is CCOc1cc(C=NNc2nc(-c3ccccc3)c(C#N)c(=O)[nH]2)ccc1OCC(=O)Nc1ccccc1Cl. The number of carbonyl (C=O) groups is 1. The summed E-state index contributed by atoms with van der Waals surface area (Å²) in [5.74, 6) is 0.493. The standard InChI is InChI=1S/C28H23ClN6O4/c1-2-38-24-14-18(12-13-23(24)39-17-25(36)32-22-11-7-6-10-21(22)29)16-31-35-28-33-26(19-8-4-3-5-9-19)20(15-30)27(37)34-28/h3-14,16H,2,17H2,1H3,(H,32,36)(H2,33,34,35,37). The Bertz CT molecular complexity index is 1600. The molecule has 3 aromatic carbocycles. The number of nitrogens with zero attached hydrogens (tertiary/aromatic N) is 3. The summed E-state index contributed by atoms with van der Waals surface area (Å²) >= 11 is 6.08. The number of para-hydroxylation sites is 1. The molecule has 1 heterocycles. The smallest absolute Gasteiger partial charge is 0.270 e. The van der Waals surface area contributed by atoms with Crippen LogP contribution in [0.3, 0.4) is 0 Å². The van der Waals surface area contributed by atoms with Crippen LogP contribution in [0.25, 0.3) is 11.3 Å². The number of carbonyl (C=O) groups excluding carboxylic acids is 1. The van der Waals surface area contributed by atoms with Gasteiger partial charge < -0.3 is 14.8 Å². The Hall–Kier alpha value is -5.14. The van der Waals surface area contributed by atoms with E-state index in [-0.39, 0.29) is 29.7 Å². The number of aromatic nitrogens is 2. The molecule has 1 aromatic heterocycles. The van der Waals surface area contributed by atoms with E-state index in [0.717, 1.165) is 0 Å².